The average molecular weight is 283 g/mol. The van der Waals surface area contributed by atoms with Gasteiger partial charge in [0.05, 0.1) is 12.3 Å². The molecule has 0 bridgehead atoms. The van der Waals surface area contributed by atoms with Crippen LogP contribution in [0.25, 0.3) is 0 Å². The summed E-state index contributed by atoms with van der Waals surface area (Å²) in [5.74, 6) is -0.849. The summed E-state index contributed by atoms with van der Waals surface area (Å²) >= 11 is 0.566. The van der Waals surface area contributed by atoms with Crippen LogP contribution in [0.5, 0.6) is 0 Å². The highest BCUT2D eigenvalue weighted by molar-refractivity contribution is 7.98. The number of rotatable bonds is 6. The fraction of sp³-hybridized carbons (Fsp3) is 0.286. The van der Waals surface area contributed by atoms with E-state index >= 15 is 0 Å². The third-order valence-electron chi connectivity index (χ3n) is 2.59. The number of hydrogen-bond acceptors (Lipinski definition) is 3. The number of thioether (sulfide) groups is 1. The number of alkyl halides is 2. The number of hydrogen-bond donors (Lipinski definition) is 1. The van der Waals surface area contributed by atoms with Gasteiger partial charge in [0.2, 0.25) is 0 Å². The molecule has 2 aromatic rings. The first-order valence-corrected chi connectivity index (χ1v) is 6.96. The van der Waals surface area contributed by atoms with Gasteiger partial charge in [-0.25, -0.2) is 0 Å². The van der Waals surface area contributed by atoms with Gasteiger partial charge in [-0.2, -0.15) is 8.78 Å². The predicted molar refractivity (Wildman–Crippen MR) is 74.5 cm³/mol. The average Bonchev–Trinajstić information content (AvgIpc) is 2.84. The summed E-state index contributed by atoms with van der Waals surface area (Å²) in [5, 5.41) is 3.22. The van der Waals surface area contributed by atoms with E-state index in [0.717, 1.165) is 11.4 Å². The Kier molecular flexibility index (Phi) is 4.85. The van der Waals surface area contributed by atoms with Crippen LogP contribution in [0, 0.1) is 6.92 Å². The van der Waals surface area contributed by atoms with Gasteiger partial charge in [-0.05, 0) is 31.2 Å². The molecule has 2 rings (SSSR count). The van der Waals surface area contributed by atoms with Gasteiger partial charge < -0.3 is 9.73 Å². The molecule has 102 valence electrons. The molecule has 0 aliphatic heterocycles. The van der Waals surface area contributed by atoms with E-state index in [1.54, 1.807) is 6.07 Å². The second-order valence-corrected chi connectivity index (χ2v) is 5.14. The van der Waals surface area contributed by atoms with Crippen molar-refractivity contribution in [3.63, 3.8) is 0 Å². The maximum absolute atomic E-state index is 12.0. The lowest BCUT2D eigenvalue weighted by Gasteiger charge is -2.04. The Morgan fingerprint density at radius 1 is 1.11 bits per heavy atom. The van der Waals surface area contributed by atoms with Crippen LogP contribution in [-0.4, -0.2) is 5.76 Å². The Morgan fingerprint density at radius 2 is 1.79 bits per heavy atom. The second kappa shape index (κ2) is 6.61. The topological polar surface area (TPSA) is 25.2 Å². The number of nitrogens with one attached hydrogen (secondary N) is 1. The van der Waals surface area contributed by atoms with Crippen molar-refractivity contribution in [2.45, 2.75) is 25.0 Å². The Bertz CT molecular complexity index is 510. The van der Waals surface area contributed by atoms with Crippen LogP contribution in [0.1, 0.15) is 17.1 Å². The lowest BCUT2D eigenvalue weighted by molar-refractivity contribution is 0.251. The fourth-order valence-electron chi connectivity index (χ4n) is 1.60. The molecule has 1 heterocycles. The van der Waals surface area contributed by atoms with E-state index in [-0.39, 0.29) is 5.75 Å². The zero-order chi connectivity index (χ0) is 13.7. The van der Waals surface area contributed by atoms with E-state index in [9.17, 15) is 8.78 Å². The minimum atomic E-state index is -2.36. The van der Waals surface area contributed by atoms with Crippen LogP contribution in [0.15, 0.2) is 40.8 Å². The Hall–Kier alpha value is -1.49. The lowest BCUT2D eigenvalue weighted by atomic mass is 10.2. The molecule has 0 unspecified atom stereocenters. The number of aryl methyl sites for hydroxylation is 1. The number of halogens is 2. The first-order chi connectivity index (χ1) is 9.13. The van der Waals surface area contributed by atoms with Crippen molar-refractivity contribution >= 4 is 17.4 Å². The van der Waals surface area contributed by atoms with Gasteiger partial charge in [0.25, 0.3) is 5.76 Å². The zero-order valence-corrected chi connectivity index (χ0v) is 11.3. The molecular formula is C14H15F2NOS. The SMILES string of the molecule is Cc1ccc(NCc2ccc(CSC(F)F)o2)cc1. The normalized spacial score (nSPS) is 10.9. The molecule has 0 radical (unpaired) electrons. The van der Waals surface area contributed by atoms with Gasteiger partial charge in [-0.3, -0.25) is 0 Å². The molecule has 0 saturated carbocycles. The molecule has 19 heavy (non-hydrogen) atoms. The Balaban J connectivity index is 1.84. The Labute approximate surface area is 115 Å². The second-order valence-electron chi connectivity index (χ2n) is 4.16. The maximum atomic E-state index is 12.0. The van der Waals surface area contributed by atoms with Crippen LogP contribution < -0.4 is 5.32 Å². The quantitative estimate of drug-likeness (QED) is 0.835. The van der Waals surface area contributed by atoms with E-state index in [2.05, 4.69) is 5.32 Å². The van der Waals surface area contributed by atoms with Gasteiger partial charge in [-0.1, -0.05) is 29.5 Å². The van der Waals surface area contributed by atoms with Gasteiger partial charge in [0.1, 0.15) is 11.5 Å². The summed E-state index contributed by atoms with van der Waals surface area (Å²) in [6.45, 7) is 2.58. The van der Waals surface area contributed by atoms with Crippen molar-refractivity contribution in [1.29, 1.82) is 0 Å². The van der Waals surface area contributed by atoms with Gasteiger partial charge in [0, 0.05) is 5.69 Å². The summed E-state index contributed by atoms with van der Waals surface area (Å²) in [4.78, 5) is 0. The van der Waals surface area contributed by atoms with Crippen molar-refractivity contribution in [3.05, 3.63) is 53.5 Å². The smallest absolute Gasteiger partial charge is 0.284 e. The maximum Gasteiger partial charge on any atom is 0.284 e. The van der Waals surface area contributed by atoms with E-state index in [1.165, 1.54) is 5.56 Å². The van der Waals surface area contributed by atoms with Crippen molar-refractivity contribution in [2.24, 2.45) is 0 Å². The highest BCUT2D eigenvalue weighted by Gasteiger charge is 2.07. The van der Waals surface area contributed by atoms with Crippen LogP contribution >= 0.6 is 11.8 Å². The number of benzene rings is 1. The van der Waals surface area contributed by atoms with Gasteiger partial charge in [0.15, 0.2) is 0 Å². The molecule has 1 aromatic carbocycles. The highest BCUT2D eigenvalue weighted by Crippen LogP contribution is 2.21. The van der Waals surface area contributed by atoms with Crippen molar-refractivity contribution < 1.29 is 13.2 Å². The van der Waals surface area contributed by atoms with Crippen molar-refractivity contribution in [2.75, 3.05) is 5.32 Å². The summed E-state index contributed by atoms with van der Waals surface area (Å²) < 4.78 is 29.5. The summed E-state index contributed by atoms with van der Waals surface area (Å²) in [7, 11) is 0. The summed E-state index contributed by atoms with van der Waals surface area (Å²) in [5.41, 5.74) is 2.21. The molecule has 1 N–H and O–H groups in total. The van der Waals surface area contributed by atoms with Gasteiger partial charge in [-0.15, -0.1) is 0 Å². The molecule has 5 heteroatoms. The predicted octanol–water partition coefficient (Wildman–Crippen LogP) is 4.66. The molecule has 0 aliphatic rings. The first kappa shape index (κ1) is 13.9. The zero-order valence-electron chi connectivity index (χ0n) is 10.5. The fourth-order valence-corrected chi connectivity index (χ4v) is 2.05. The molecule has 0 saturated heterocycles. The standard InChI is InChI=1S/C14H15F2NOS/c1-10-2-4-11(5-3-10)17-8-12-6-7-13(18-12)9-19-14(15)16/h2-7,14,17H,8-9H2,1H3. The molecule has 1 aromatic heterocycles. The first-order valence-electron chi connectivity index (χ1n) is 5.91. The highest BCUT2D eigenvalue weighted by atomic mass is 32.2. The summed E-state index contributed by atoms with van der Waals surface area (Å²) in [6.07, 6.45) is 0. The largest absolute Gasteiger partial charge is 0.463 e. The van der Waals surface area contributed by atoms with E-state index < -0.39 is 5.76 Å². The molecule has 0 atom stereocenters. The molecule has 0 amide bonds. The lowest BCUT2D eigenvalue weighted by Crippen LogP contribution is -1.97. The third-order valence-corrected chi connectivity index (χ3v) is 3.29. The van der Waals surface area contributed by atoms with E-state index in [4.69, 9.17) is 4.42 Å². The molecule has 2 nitrogen and oxygen atoms in total. The van der Waals surface area contributed by atoms with Crippen molar-refractivity contribution in [3.8, 4) is 0 Å². The minimum Gasteiger partial charge on any atom is -0.463 e. The van der Waals surface area contributed by atoms with Crippen molar-refractivity contribution in [1.82, 2.24) is 0 Å². The Morgan fingerprint density at radius 3 is 2.47 bits per heavy atom. The van der Waals surface area contributed by atoms with Crippen LogP contribution in [0.3, 0.4) is 0 Å². The molecular weight excluding hydrogens is 268 g/mol. The molecule has 0 spiro atoms. The van der Waals surface area contributed by atoms with Crippen LogP contribution in [0.4, 0.5) is 14.5 Å². The molecule has 0 fully saturated rings. The number of anilines is 1. The van der Waals surface area contributed by atoms with Crippen LogP contribution in [0.2, 0.25) is 0 Å². The minimum absolute atomic E-state index is 0.197. The van der Waals surface area contributed by atoms with Crippen LogP contribution in [-0.2, 0) is 12.3 Å². The van der Waals surface area contributed by atoms with Gasteiger partial charge >= 0.3 is 0 Å². The number of furan rings is 1. The third kappa shape index (κ3) is 4.59. The summed E-state index contributed by atoms with van der Waals surface area (Å²) in [6, 6.07) is 11.6. The monoisotopic (exact) mass is 283 g/mol. The molecule has 0 aliphatic carbocycles. The van der Waals surface area contributed by atoms with E-state index in [0.29, 0.717) is 24.1 Å². The van der Waals surface area contributed by atoms with E-state index in [1.807, 2.05) is 37.3 Å².